The molecule has 0 aromatic heterocycles. The second-order valence-electron chi connectivity index (χ2n) is 8.73. The summed E-state index contributed by atoms with van der Waals surface area (Å²) in [5.41, 5.74) is 2.52. The first-order valence-corrected chi connectivity index (χ1v) is 11.1. The van der Waals surface area contributed by atoms with Gasteiger partial charge in [-0.05, 0) is 45.6 Å². The molecule has 0 bridgehead atoms. The van der Waals surface area contributed by atoms with Crippen LogP contribution in [0.3, 0.4) is 0 Å². The average molecular weight is 417 g/mol. The summed E-state index contributed by atoms with van der Waals surface area (Å²) >= 11 is 0. The SMILES string of the molecule is CC1CN(C(=O)CC2CC(c3ccc(CO)c(OC4CCCC4)c3)=NO2)CC(C)O1. The molecule has 0 spiro atoms. The van der Waals surface area contributed by atoms with Crippen LogP contribution in [-0.2, 0) is 21.0 Å². The van der Waals surface area contributed by atoms with Gasteiger partial charge in [-0.1, -0.05) is 17.3 Å². The highest BCUT2D eigenvalue weighted by Gasteiger charge is 2.31. The topological polar surface area (TPSA) is 80.6 Å². The van der Waals surface area contributed by atoms with Gasteiger partial charge in [0.15, 0.2) is 0 Å². The molecule has 1 aromatic rings. The summed E-state index contributed by atoms with van der Waals surface area (Å²) in [5.74, 6) is 0.805. The van der Waals surface area contributed by atoms with Gasteiger partial charge in [-0.3, -0.25) is 4.79 Å². The maximum absolute atomic E-state index is 12.7. The van der Waals surface area contributed by atoms with Crippen molar-refractivity contribution in [2.24, 2.45) is 5.16 Å². The molecule has 4 rings (SSSR count). The van der Waals surface area contributed by atoms with Gasteiger partial charge in [0.2, 0.25) is 5.91 Å². The molecule has 1 N–H and O–H groups in total. The first-order chi connectivity index (χ1) is 14.5. The lowest BCUT2D eigenvalue weighted by molar-refractivity contribution is -0.145. The highest BCUT2D eigenvalue weighted by Crippen LogP contribution is 2.30. The number of oxime groups is 1. The maximum atomic E-state index is 12.7. The van der Waals surface area contributed by atoms with Crippen LogP contribution in [0.15, 0.2) is 23.4 Å². The van der Waals surface area contributed by atoms with Crippen LogP contribution in [0.4, 0.5) is 0 Å². The van der Waals surface area contributed by atoms with Crippen LogP contribution in [-0.4, -0.2) is 59.1 Å². The maximum Gasteiger partial charge on any atom is 0.226 e. The summed E-state index contributed by atoms with van der Waals surface area (Å²) < 4.78 is 11.9. The molecule has 3 atom stereocenters. The van der Waals surface area contributed by atoms with Gasteiger partial charge < -0.3 is 24.3 Å². The number of aliphatic hydroxyl groups is 1. The van der Waals surface area contributed by atoms with Crippen LogP contribution in [0.1, 0.15) is 63.5 Å². The molecule has 1 saturated carbocycles. The van der Waals surface area contributed by atoms with E-state index < -0.39 is 0 Å². The largest absolute Gasteiger partial charge is 0.490 e. The summed E-state index contributed by atoms with van der Waals surface area (Å²) in [6, 6.07) is 5.77. The fourth-order valence-electron chi connectivity index (χ4n) is 4.57. The Morgan fingerprint density at radius 3 is 2.67 bits per heavy atom. The molecule has 30 heavy (non-hydrogen) atoms. The minimum atomic E-state index is -0.252. The molecule has 1 aliphatic carbocycles. The van der Waals surface area contributed by atoms with Crippen LogP contribution >= 0.6 is 0 Å². The van der Waals surface area contributed by atoms with Crippen LogP contribution in [0.5, 0.6) is 5.75 Å². The van der Waals surface area contributed by atoms with Gasteiger partial charge in [-0.2, -0.15) is 0 Å². The van der Waals surface area contributed by atoms with E-state index in [1.54, 1.807) is 0 Å². The number of rotatable bonds is 6. The number of nitrogens with zero attached hydrogens (tertiary/aromatic N) is 2. The minimum absolute atomic E-state index is 0.0531. The van der Waals surface area contributed by atoms with Crippen LogP contribution in [0.25, 0.3) is 0 Å². The third-order valence-corrected chi connectivity index (χ3v) is 6.07. The fourth-order valence-corrected chi connectivity index (χ4v) is 4.57. The normalized spacial score (nSPS) is 27.1. The standard InChI is InChI=1S/C23H32N2O5/c1-15-12-25(13-16(2)28-15)23(27)11-20-10-21(24-30-20)17-7-8-18(14-26)22(9-17)29-19-5-3-4-6-19/h7-9,15-16,19-20,26H,3-6,10-14H2,1-2H3. The molecular weight excluding hydrogens is 384 g/mol. The lowest BCUT2D eigenvalue weighted by Gasteiger charge is -2.35. The van der Waals surface area contributed by atoms with E-state index in [4.69, 9.17) is 14.3 Å². The molecule has 164 valence electrons. The molecule has 3 unspecified atom stereocenters. The number of hydrogen-bond acceptors (Lipinski definition) is 6. The third kappa shape index (κ3) is 4.95. The Balaban J connectivity index is 1.37. The minimum Gasteiger partial charge on any atom is -0.490 e. The van der Waals surface area contributed by atoms with E-state index in [-0.39, 0.29) is 36.9 Å². The van der Waals surface area contributed by atoms with Crippen molar-refractivity contribution in [3.8, 4) is 5.75 Å². The number of aliphatic hydroxyl groups excluding tert-OH is 1. The van der Waals surface area contributed by atoms with Crippen molar-refractivity contribution in [1.82, 2.24) is 4.90 Å². The van der Waals surface area contributed by atoms with Crippen LogP contribution < -0.4 is 4.74 Å². The molecule has 7 heteroatoms. The zero-order chi connectivity index (χ0) is 21.1. The molecule has 7 nitrogen and oxygen atoms in total. The second kappa shape index (κ2) is 9.35. The molecule has 0 radical (unpaired) electrons. The van der Waals surface area contributed by atoms with Gasteiger partial charge in [-0.15, -0.1) is 0 Å². The first-order valence-electron chi connectivity index (χ1n) is 11.1. The van der Waals surface area contributed by atoms with Gasteiger partial charge in [0.25, 0.3) is 0 Å². The van der Waals surface area contributed by atoms with Crippen molar-refractivity contribution in [3.63, 3.8) is 0 Å². The monoisotopic (exact) mass is 416 g/mol. The Morgan fingerprint density at radius 1 is 1.23 bits per heavy atom. The molecule has 2 heterocycles. The number of carbonyl (C=O) groups excluding carboxylic acids is 1. The van der Waals surface area contributed by atoms with Gasteiger partial charge in [0.1, 0.15) is 11.9 Å². The molecule has 3 aliphatic rings. The Labute approximate surface area is 178 Å². The van der Waals surface area contributed by atoms with Crippen molar-refractivity contribution in [3.05, 3.63) is 29.3 Å². The van der Waals surface area contributed by atoms with Crippen LogP contribution in [0, 0.1) is 0 Å². The number of benzene rings is 1. The lowest BCUT2D eigenvalue weighted by Crippen LogP contribution is -2.48. The Morgan fingerprint density at radius 2 is 1.97 bits per heavy atom. The zero-order valence-corrected chi connectivity index (χ0v) is 17.9. The number of hydrogen-bond donors (Lipinski definition) is 1. The highest BCUT2D eigenvalue weighted by molar-refractivity contribution is 6.02. The fraction of sp³-hybridized carbons (Fsp3) is 0.652. The van der Waals surface area contributed by atoms with Gasteiger partial charge in [0.05, 0.1) is 37.1 Å². The molecule has 1 amide bonds. The van der Waals surface area contributed by atoms with Crippen molar-refractivity contribution in [1.29, 1.82) is 0 Å². The van der Waals surface area contributed by atoms with Crippen LogP contribution in [0.2, 0.25) is 0 Å². The number of carbonyl (C=O) groups is 1. The first kappa shape index (κ1) is 21.1. The Bertz CT molecular complexity index is 780. The quantitative estimate of drug-likeness (QED) is 0.771. The molecule has 2 fully saturated rings. The van der Waals surface area contributed by atoms with E-state index in [0.717, 1.165) is 35.4 Å². The average Bonchev–Trinajstić information content (AvgIpc) is 3.39. The summed E-state index contributed by atoms with van der Waals surface area (Å²) in [4.78, 5) is 20.2. The highest BCUT2D eigenvalue weighted by atomic mass is 16.6. The van der Waals surface area contributed by atoms with Gasteiger partial charge in [0, 0.05) is 30.6 Å². The smallest absolute Gasteiger partial charge is 0.226 e. The van der Waals surface area contributed by atoms with E-state index in [9.17, 15) is 9.90 Å². The predicted molar refractivity (Wildman–Crippen MR) is 112 cm³/mol. The van der Waals surface area contributed by atoms with Crippen molar-refractivity contribution < 1.29 is 24.2 Å². The van der Waals surface area contributed by atoms with E-state index in [1.165, 1.54) is 12.8 Å². The molecular formula is C23H32N2O5. The molecule has 2 aliphatic heterocycles. The second-order valence-corrected chi connectivity index (χ2v) is 8.73. The molecule has 1 aromatic carbocycles. The number of amides is 1. The Hall–Kier alpha value is -2.12. The van der Waals surface area contributed by atoms with Gasteiger partial charge >= 0.3 is 0 Å². The lowest BCUT2D eigenvalue weighted by atomic mass is 10.0. The van der Waals surface area contributed by atoms with E-state index in [0.29, 0.717) is 25.9 Å². The summed E-state index contributed by atoms with van der Waals surface area (Å²) in [6.07, 6.45) is 5.47. The number of morpholine rings is 1. The van der Waals surface area contributed by atoms with Gasteiger partial charge in [-0.25, -0.2) is 0 Å². The van der Waals surface area contributed by atoms with E-state index in [1.807, 2.05) is 36.9 Å². The summed E-state index contributed by atoms with van der Waals surface area (Å²) in [7, 11) is 0. The zero-order valence-electron chi connectivity index (χ0n) is 17.9. The Kier molecular flexibility index (Phi) is 6.58. The van der Waals surface area contributed by atoms with Crippen molar-refractivity contribution >= 4 is 11.6 Å². The van der Waals surface area contributed by atoms with Crippen molar-refractivity contribution in [2.75, 3.05) is 13.1 Å². The third-order valence-electron chi connectivity index (χ3n) is 6.07. The number of ether oxygens (including phenoxy) is 2. The summed E-state index contributed by atoms with van der Waals surface area (Å²) in [5, 5.41) is 13.9. The van der Waals surface area contributed by atoms with E-state index >= 15 is 0 Å². The summed E-state index contributed by atoms with van der Waals surface area (Å²) in [6.45, 7) is 5.16. The molecule has 1 saturated heterocycles. The van der Waals surface area contributed by atoms with Crippen molar-refractivity contribution in [2.45, 2.75) is 83.4 Å². The van der Waals surface area contributed by atoms with E-state index in [2.05, 4.69) is 5.16 Å². The predicted octanol–water partition coefficient (Wildman–Crippen LogP) is 3.02.